The number of rotatable bonds is 2. The van der Waals surface area contributed by atoms with Gasteiger partial charge in [0.05, 0.1) is 0 Å². The second-order valence-electron chi connectivity index (χ2n) is 3.64. The van der Waals surface area contributed by atoms with Gasteiger partial charge >= 0.3 is 0 Å². The van der Waals surface area contributed by atoms with Crippen LogP contribution in [0.4, 0.5) is 0 Å². The lowest BCUT2D eigenvalue weighted by atomic mass is 9.94. The molecule has 1 aromatic carbocycles. The molecule has 0 bridgehead atoms. The Labute approximate surface area is 89.5 Å². The third-order valence-corrected chi connectivity index (χ3v) is 2.60. The molecule has 0 spiro atoms. The highest BCUT2D eigenvalue weighted by Crippen LogP contribution is 2.30. The van der Waals surface area contributed by atoms with Crippen molar-refractivity contribution >= 4 is 5.57 Å². The summed E-state index contributed by atoms with van der Waals surface area (Å²) in [7, 11) is 1.51. The maximum Gasteiger partial charge on any atom is 0.189 e. The largest absolute Gasteiger partial charge is 0.362 e. The third-order valence-electron chi connectivity index (χ3n) is 2.60. The molecule has 15 heavy (non-hydrogen) atoms. The second-order valence-corrected chi connectivity index (χ2v) is 3.64. The number of hydrogen-bond acceptors (Lipinski definition) is 2. The average molecular weight is 202 g/mol. The monoisotopic (exact) mass is 202 g/mol. The molecule has 0 fully saturated rings. The summed E-state index contributed by atoms with van der Waals surface area (Å²) >= 11 is 0. The summed E-state index contributed by atoms with van der Waals surface area (Å²) in [4.78, 5) is 0. The zero-order chi connectivity index (χ0) is 10.7. The summed E-state index contributed by atoms with van der Waals surface area (Å²) in [6.45, 7) is 0. The Morgan fingerprint density at radius 1 is 1.27 bits per heavy atom. The SMILES string of the molecule is COC1(O)C=CC=C(c2ccccc2)C1. The van der Waals surface area contributed by atoms with Crippen LogP contribution in [0.25, 0.3) is 5.57 Å². The summed E-state index contributed by atoms with van der Waals surface area (Å²) in [5.74, 6) is -1.15. The van der Waals surface area contributed by atoms with Crippen LogP contribution in [0, 0.1) is 0 Å². The number of methoxy groups -OCH3 is 1. The molecule has 1 unspecified atom stereocenters. The summed E-state index contributed by atoms with van der Waals surface area (Å²) in [6, 6.07) is 10.0. The van der Waals surface area contributed by atoms with E-state index in [1.54, 1.807) is 6.08 Å². The number of hydrogen-bond donors (Lipinski definition) is 1. The Kier molecular flexibility index (Phi) is 2.71. The lowest BCUT2D eigenvalue weighted by Gasteiger charge is -2.26. The molecule has 0 radical (unpaired) electrons. The molecule has 0 aliphatic heterocycles. The Hall–Kier alpha value is -1.38. The first kappa shape index (κ1) is 10.1. The summed E-state index contributed by atoms with van der Waals surface area (Å²) in [6.07, 6.45) is 5.99. The average Bonchev–Trinajstić information content (AvgIpc) is 2.30. The van der Waals surface area contributed by atoms with Crippen molar-refractivity contribution in [3.05, 3.63) is 54.1 Å². The lowest BCUT2D eigenvalue weighted by molar-refractivity contribution is -0.141. The van der Waals surface area contributed by atoms with Gasteiger partial charge in [-0.2, -0.15) is 0 Å². The van der Waals surface area contributed by atoms with Crippen LogP contribution >= 0.6 is 0 Å². The van der Waals surface area contributed by atoms with Crippen LogP contribution in [0.2, 0.25) is 0 Å². The number of aliphatic hydroxyl groups is 1. The van der Waals surface area contributed by atoms with Gasteiger partial charge in [-0.1, -0.05) is 42.5 Å². The molecular weight excluding hydrogens is 188 g/mol. The first-order valence-electron chi connectivity index (χ1n) is 4.95. The van der Waals surface area contributed by atoms with E-state index in [2.05, 4.69) is 0 Å². The normalized spacial score (nSPS) is 25.1. The first-order chi connectivity index (χ1) is 7.23. The summed E-state index contributed by atoms with van der Waals surface area (Å²) < 4.78 is 5.06. The van der Waals surface area contributed by atoms with E-state index in [-0.39, 0.29) is 0 Å². The number of benzene rings is 1. The minimum atomic E-state index is -1.15. The zero-order valence-corrected chi connectivity index (χ0v) is 8.68. The third kappa shape index (κ3) is 2.17. The van der Waals surface area contributed by atoms with Crippen molar-refractivity contribution in [3.8, 4) is 0 Å². The molecule has 78 valence electrons. The summed E-state index contributed by atoms with van der Waals surface area (Å²) in [5.41, 5.74) is 2.21. The quantitative estimate of drug-likeness (QED) is 0.746. The molecule has 0 saturated carbocycles. The maximum absolute atomic E-state index is 9.96. The van der Waals surface area contributed by atoms with E-state index in [4.69, 9.17) is 4.74 Å². The Bertz CT molecular complexity index is 392. The fraction of sp³-hybridized carbons (Fsp3) is 0.231. The Morgan fingerprint density at radius 2 is 2.00 bits per heavy atom. The van der Waals surface area contributed by atoms with Crippen LogP contribution in [0.15, 0.2) is 48.6 Å². The van der Waals surface area contributed by atoms with Crippen molar-refractivity contribution in [1.82, 2.24) is 0 Å². The van der Waals surface area contributed by atoms with Gasteiger partial charge in [0.2, 0.25) is 0 Å². The molecule has 0 heterocycles. The minimum absolute atomic E-state index is 0.490. The maximum atomic E-state index is 9.96. The predicted octanol–water partition coefficient (Wildman–Crippen LogP) is 2.36. The van der Waals surface area contributed by atoms with Crippen molar-refractivity contribution in [2.75, 3.05) is 7.11 Å². The predicted molar refractivity (Wildman–Crippen MR) is 60.1 cm³/mol. The van der Waals surface area contributed by atoms with Crippen LogP contribution in [0.3, 0.4) is 0 Å². The van der Waals surface area contributed by atoms with Crippen molar-refractivity contribution in [2.45, 2.75) is 12.2 Å². The topological polar surface area (TPSA) is 29.5 Å². The van der Waals surface area contributed by atoms with Gasteiger partial charge in [0.25, 0.3) is 0 Å². The smallest absolute Gasteiger partial charge is 0.189 e. The first-order valence-corrected chi connectivity index (χ1v) is 4.95. The van der Waals surface area contributed by atoms with Crippen molar-refractivity contribution in [3.63, 3.8) is 0 Å². The van der Waals surface area contributed by atoms with E-state index in [1.807, 2.05) is 42.5 Å². The van der Waals surface area contributed by atoms with Crippen LogP contribution in [0.5, 0.6) is 0 Å². The van der Waals surface area contributed by atoms with Crippen LogP contribution in [-0.2, 0) is 4.74 Å². The molecule has 1 N–H and O–H groups in total. The van der Waals surface area contributed by atoms with Crippen molar-refractivity contribution < 1.29 is 9.84 Å². The van der Waals surface area contributed by atoms with E-state index in [1.165, 1.54) is 7.11 Å². The van der Waals surface area contributed by atoms with Gasteiger partial charge in [0.1, 0.15) is 0 Å². The highest BCUT2D eigenvalue weighted by Gasteiger charge is 2.26. The van der Waals surface area contributed by atoms with Crippen LogP contribution in [0.1, 0.15) is 12.0 Å². The van der Waals surface area contributed by atoms with Gasteiger partial charge in [-0.3, -0.25) is 0 Å². The molecular formula is C13H14O2. The van der Waals surface area contributed by atoms with E-state index in [0.717, 1.165) is 11.1 Å². The molecule has 2 heteroatoms. The lowest BCUT2D eigenvalue weighted by Crippen LogP contribution is -2.29. The van der Waals surface area contributed by atoms with Gasteiger partial charge in [0, 0.05) is 13.5 Å². The highest BCUT2D eigenvalue weighted by atomic mass is 16.6. The molecule has 2 nitrogen and oxygen atoms in total. The Morgan fingerprint density at radius 3 is 2.67 bits per heavy atom. The number of ether oxygens (including phenoxy) is 1. The van der Waals surface area contributed by atoms with Crippen LogP contribution in [-0.4, -0.2) is 18.0 Å². The fourth-order valence-electron chi connectivity index (χ4n) is 1.70. The van der Waals surface area contributed by atoms with Crippen molar-refractivity contribution in [1.29, 1.82) is 0 Å². The standard InChI is InChI=1S/C13H14O2/c1-15-13(14)9-5-8-12(10-13)11-6-3-2-4-7-11/h2-9,14H,10H2,1H3. The van der Waals surface area contributed by atoms with E-state index < -0.39 is 5.79 Å². The minimum Gasteiger partial charge on any atom is -0.362 e. The van der Waals surface area contributed by atoms with Gasteiger partial charge in [-0.05, 0) is 17.2 Å². The van der Waals surface area contributed by atoms with E-state index >= 15 is 0 Å². The van der Waals surface area contributed by atoms with E-state index in [0.29, 0.717) is 6.42 Å². The highest BCUT2D eigenvalue weighted by molar-refractivity contribution is 5.69. The molecule has 1 aromatic rings. The van der Waals surface area contributed by atoms with Gasteiger partial charge < -0.3 is 9.84 Å². The molecule has 0 aromatic heterocycles. The Balaban J connectivity index is 2.26. The summed E-state index contributed by atoms with van der Waals surface area (Å²) in [5, 5.41) is 9.96. The van der Waals surface area contributed by atoms with Gasteiger partial charge in [-0.25, -0.2) is 0 Å². The zero-order valence-electron chi connectivity index (χ0n) is 8.68. The second kappa shape index (κ2) is 4.01. The molecule has 0 saturated heterocycles. The number of allylic oxidation sites excluding steroid dienone is 2. The molecule has 1 atom stereocenters. The molecule has 1 aliphatic rings. The van der Waals surface area contributed by atoms with Gasteiger partial charge in [0.15, 0.2) is 5.79 Å². The fourth-order valence-corrected chi connectivity index (χ4v) is 1.70. The van der Waals surface area contributed by atoms with Gasteiger partial charge in [-0.15, -0.1) is 0 Å². The molecule has 0 amide bonds. The van der Waals surface area contributed by atoms with Crippen LogP contribution < -0.4 is 0 Å². The molecule has 1 aliphatic carbocycles. The molecule has 2 rings (SSSR count). The van der Waals surface area contributed by atoms with E-state index in [9.17, 15) is 5.11 Å². The van der Waals surface area contributed by atoms with Crippen molar-refractivity contribution in [2.24, 2.45) is 0 Å².